The van der Waals surface area contributed by atoms with Crippen molar-refractivity contribution in [2.24, 2.45) is 0 Å². The number of rotatable bonds is 6. The third-order valence-electron chi connectivity index (χ3n) is 3.20. The van der Waals surface area contributed by atoms with Gasteiger partial charge in [0, 0.05) is 31.5 Å². The molecule has 0 aliphatic carbocycles. The standard InChI is InChI=1S/C14H18ClFN2O2/c1-9(8-19-2)18-12-7-13(20-3)10(16)6-11(12)17-14(18)4-5-15/h6-7,9H,4-5,8H2,1-3H3. The number of halogens is 2. The SMILES string of the molecule is COCC(C)n1c(CCCl)nc2cc(F)c(OC)cc21. The van der Waals surface area contributed by atoms with Crippen LogP contribution in [0.4, 0.5) is 4.39 Å². The van der Waals surface area contributed by atoms with Gasteiger partial charge in [0.2, 0.25) is 0 Å². The quantitative estimate of drug-likeness (QED) is 0.769. The number of aryl methyl sites for hydroxylation is 1. The van der Waals surface area contributed by atoms with Gasteiger partial charge in [0.15, 0.2) is 11.6 Å². The maximum absolute atomic E-state index is 13.8. The summed E-state index contributed by atoms with van der Waals surface area (Å²) < 4.78 is 26.0. The third-order valence-corrected chi connectivity index (χ3v) is 3.39. The number of benzene rings is 1. The van der Waals surface area contributed by atoms with E-state index in [2.05, 4.69) is 4.98 Å². The minimum absolute atomic E-state index is 0.0818. The summed E-state index contributed by atoms with van der Waals surface area (Å²) in [6, 6.07) is 3.14. The smallest absolute Gasteiger partial charge is 0.167 e. The van der Waals surface area contributed by atoms with Gasteiger partial charge in [-0.05, 0) is 6.92 Å². The number of aromatic nitrogens is 2. The minimum atomic E-state index is -0.415. The number of ether oxygens (including phenoxy) is 2. The Kier molecular flexibility index (Phi) is 4.83. The van der Waals surface area contributed by atoms with Gasteiger partial charge in [0.05, 0.1) is 30.8 Å². The van der Waals surface area contributed by atoms with E-state index >= 15 is 0 Å². The molecule has 0 saturated heterocycles. The lowest BCUT2D eigenvalue weighted by molar-refractivity contribution is 0.162. The Balaban J connectivity index is 2.62. The lowest BCUT2D eigenvalue weighted by Gasteiger charge is -2.16. The van der Waals surface area contributed by atoms with E-state index in [-0.39, 0.29) is 11.8 Å². The number of fused-ring (bicyclic) bond motifs is 1. The van der Waals surface area contributed by atoms with Crippen molar-refractivity contribution in [2.45, 2.75) is 19.4 Å². The summed E-state index contributed by atoms with van der Waals surface area (Å²) in [5.41, 5.74) is 1.43. The summed E-state index contributed by atoms with van der Waals surface area (Å²) in [4.78, 5) is 4.47. The summed E-state index contributed by atoms with van der Waals surface area (Å²) in [7, 11) is 3.10. The molecule has 0 amide bonds. The lowest BCUT2D eigenvalue weighted by Crippen LogP contribution is -2.14. The minimum Gasteiger partial charge on any atom is -0.494 e. The number of alkyl halides is 1. The van der Waals surface area contributed by atoms with E-state index in [1.807, 2.05) is 11.5 Å². The molecule has 0 radical (unpaired) electrons. The van der Waals surface area contributed by atoms with Crippen LogP contribution in [0.1, 0.15) is 18.8 Å². The van der Waals surface area contributed by atoms with Crippen molar-refractivity contribution in [3.05, 3.63) is 23.8 Å². The normalized spacial score (nSPS) is 12.8. The van der Waals surface area contributed by atoms with E-state index in [1.54, 1.807) is 13.2 Å². The molecule has 1 heterocycles. The Morgan fingerprint density at radius 1 is 1.40 bits per heavy atom. The number of hydrogen-bond acceptors (Lipinski definition) is 3. The van der Waals surface area contributed by atoms with Gasteiger partial charge in [0.1, 0.15) is 5.82 Å². The molecule has 4 nitrogen and oxygen atoms in total. The molecule has 0 fully saturated rings. The van der Waals surface area contributed by atoms with Crippen LogP contribution >= 0.6 is 11.6 Å². The highest BCUT2D eigenvalue weighted by molar-refractivity contribution is 6.17. The summed E-state index contributed by atoms with van der Waals surface area (Å²) in [5.74, 6) is 1.08. The average molecular weight is 301 g/mol. The van der Waals surface area contributed by atoms with Crippen molar-refractivity contribution >= 4 is 22.6 Å². The molecular formula is C14H18ClFN2O2. The molecule has 0 N–H and O–H groups in total. The molecule has 0 aliphatic heterocycles. The first kappa shape index (κ1) is 15.1. The molecule has 1 aromatic heterocycles. The fourth-order valence-corrected chi connectivity index (χ4v) is 2.54. The van der Waals surface area contributed by atoms with Gasteiger partial charge in [-0.1, -0.05) is 0 Å². The van der Waals surface area contributed by atoms with Gasteiger partial charge in [-0.25, -0.2) is 9.37 Å². The summed E-state index contributed by atoms with van der Waals surface area (Å²) in [5, 5.41) is 0. The van der Waals surface area contributed by atoms with E-state index in [9.17, 15) is 4.39 Å². The average Bonchev–Trinajstić information content (AvgIpc) is 2.75. The predicted octanol–water partition coefficient (Wildman–Crippen LogP) is 3.17. The maximum Gasteiger partial charge on any atom is 0.167 e. The molecule has 20 heavy (non-hydrogen) atoms. The van der Waals surface area contributed by atoms with E-state index < -0.39 is 5.82 Å². The molecule has 110 valence electrons. The second-order valence-electron chi connectivity index (χ2n) is 4.62. The van der Waals surface area contributed by atoms with E-state index in [0.717, 1.165) is 11.3 Å². The Hall–Kier alpha value is -1.33. The zero-order valence-electron chi connectivity index (χ0n) is 11.8. The van der Waals surface area contributed by atoms with Gasteiger partial charge in [-0.15, -0.1) is 11.6 Å². The van der Waals surface area contributed by atoms with Crippen molar-refractivity contribution in [3.63, 3.8) is 0 Å². The first-order valence-corrected chi connectivity index (χ1v) is 6.95. The highest BCUT2D eigenvalue weighted by atomic mass is 35.5. The van der Waals surface area contributed by atoms with E-state index in [0.29, 0.717) is 24.4 Å². The predicted molar refractivity (Wildman–Crippen MR) is 77.3 cm³/mol. The van der Waals surface area contributed by atoms with Crippen LogP contribution in [0.25, 0.3) is 11.0 Å². The van der Waals surface area contributed by atoms with E-state index in [4.69, 9.17) is 21.1 Å². The number of imidazole rings is 1. The van der Waals surface area contributed by atoms with Crippen LogP contribution in [0.2, 0.25) is 0 Å². The van der Waals surface area contributed by atoms with Crippen molar-refractivity contribution in [1.82, 2.24) is 9.55 Å². The third kappa shape index (κ3) is 2.74. The van der Waals surface area contributed by atoms with Crippen LogP contribution in [0.5, 0.6) is 5.75 Å². The summed E-state index contributed by atoms with van der Waals surface area (Å²) in [6.07, 6.45) is 0.619. The van der Waals surface area contributed by atoms with Crippen LogP contribution in [0.3, 0.4) is 0 Å². The Morgan fingerprint density at radius 3 is 2.75 bits per heavy atom. The molecule has 2 aromatic rings. The molecule has 0 spiro atoms. The van der Waals surface area contributed by atoms with Crippen molar-refractivity contribution in [1.29, 1.82) is 0 Å². The van der Waals surface area contributed by atoms with Gasteiger partial charge in [-0.2, -0.15) is 0 Å². The molecule has 0 bridgehead atoms. The highest BCUT2D eigenvalue weighted by Gasteiger charge is 2.18. The van der Waals surface area contributed by atoms with Crippen molar-refractivity contribution < 1.29 is 13.9 Å². The molecule has 1 atom stereocenters. The lowest BCUT2D eigenvalue weighted by atomic mass is 10.2. The Morgan fingerprint density at radius 2 is 2.15 bits per heavy atom. The molecule has 2 rings (SSSR count). The highest BCUT2D eigenvalue weighted by Crippen LogP contribution is 2.28. The molecule has 0 aliphatic rings. The first-order chi connectivity index (χ1) is 9.62. The van der Waals surface area contributed by atoms with Crippen LogP contribution in [0.15, 0.2) is 12.1 Å². The molecule has 1 unspecified atom stereocenters. The van der Waals surface area contributed by atoms with Gasteiger partial charge < -0.3 is 14.0 Å². The number of nitrogens with zero attached hydrogens (tertiary/aromatic N) is 2. The first-order valence-electron chi connectivity index (χ1n) is 6.41. The Bertz CT molecular complexity index is 600. The summed E-state index contributed by atoms with van der Waals surface area (Å²) >= 11 is 5.82. The zero-order valence-corrected chi connectivity index (χ0v) is 12.6. The summed E-state index contributed by atoms with van der Waals surface area (Å²) in [6.45, 7) is 2.57. The van der Waals surface area contributed by atoms with Crippen molar-refractivity contribution in [2.75, 3.05) is 26.7 Å². The maximum atomic E-state index is 13.8. The topological polar surface area (TPSA) is 36.3 Å². The molecule has 6 heteroatoms. The van der Waals surface area contributed by atoms with Crippen LogP contribution < -0.4 is 4.74 Å². The van der Waals surface area contributed by atoms with Gasteiger partial charge in [0.25, 0.3) is 0 Å². The number of methoxy groups -OCH3 is 2. The second kappa shape index (κ2) is 6.41. The number of hydrogen-bond donors (Lipinski definition) is 0. The zero-order chi connectivity index (χ0) is 14.7. The largest absolute Gasteiger partial charge is 0.494 e. The monoisotopic (exact) mass is 300 g/mol. The van der Waals surface area contributed by atoms with Crippen LogP contribution in [-0.4, -0.2) is 36.3 Å². The Labute approximate surface area is 122 Å². The fourth-order valence-electron chi connectivity index (χ4n) is 2.37. The van der Waals surface area contributed by atoms with Gasteiger partial charge in [-0.3, -0.25) is 0 Å². The van der Waals surface area contributed by atoms with Crippen LogP contribution in [-0.2, 0) is 11.2 Å². The fraction of sp³-hybridized carbons (Fsp3) is 0.500. The van der Waals surface area contributed by atoms with Crippen molar-refractivity contribution in [3.8, 4) is 5.75 Å². The van der Waals surface area contributed by atoms with Crippen LogP contribution in [0, 0.1) is 5.82 Å². The van der Waals surface area contributed by atoms with E-state index in [1.165, 1.54) is 13.2 Å². The molecule has 0 saturated carbocycles. The second-order valence-corrected chi connectivity index (χ2v) is 4.99. The van der Waals surface area contributed by atoms with Gasteiger partial charge >= 0.3 is 0 Å². The molecule has 1 aromatic carbocycles. The molecular weight excluding hydrogens is 283 g/mol.